The van der Waals surface area contributed by atoms with Crippen molar-refractivity contribution < 1.29 is 0 Å². The van der Waals surface area contributed by atoms with Gasteiger partial charge in [-0.15, -0.1) is 11.3 Å². The first-order chi connectivity index (χ1) is 4.83. The zero-order chi connectivity index (χ0) is 7.40. The highest BCUT2D eigenvalue weighted by atomic mass is 79.9. The second kappa shape index (κ2) is 4.46. The van der Waals surface area contributed by atoms with E-state index in [9.17, 15) is 0 Å². The van der Waals surface area contributed by atoms with Crippen LogP contribution in [0, 0.1) is 0 Å². The van der Waals surface area contributed by atoms with Gasteiger partial charge in [0.2, 0.25) is 0 Å². The Bertz CT molecular complexity index is 199. The van der Waals surface area contributed by atoms with Crippen LogP contribution in [0.5, 0.6) is 0 Å². The normalized spacial score (nSPS) is 10.2. The monoisotopic (exact) mass is 283 g/mol. The van der Waals surface area contributed by atoms with Gasteiger partial charge in [0.1, 0.15) is 0 Å². The number of halogens is 2. The molecule has 1 heterocycles. The van der Waals surface area contributed by atoms with Crippen molar-refractivity contribution in [1.29, 1.82) is 0 Å². The minimum atomic E-state index is 0.983. The Morgan fingerprint density at radius 1 is 1.60 bits per heavy atom. The molecule has 0 atom stereocenters. The lowest BCUT2D eigenvalue weighted by Crippen LogP contribution is -1.79. The molecule has 0 saturated carbocycles. The predicted molar refractivity (Wildman–Crippen MR) is 51.9 cm³/mol. The molecule has 0 aromatic carbocycles. The molecule has 0 unspecified atom stereocenters. The van der Waals surface area contributed by atoms with Gasteiger partial charge >= 0.3 is 0 Å². The number of aryl methyl sites for hydroxylation is 1. The quantitative estimate of drug-likeness (QED) is 0.777. The molecule has 0 amide bonds. The van der Waals surface area contributed by atoms with Crippen LogP contribution in [0.25, 0.3) is 0 Å². The number of hydrogen-bond donors (Lipinski definition) is 0. The number of alkyl halides is 1. The first-order valence-corrected chi connectivity index (χ1v) is 5.72. The summed E-state index contributed by atoms with van der Waals surface area (Å²) in [4.78, 5) is 5.44. The second-order valence-corrected chi connectivity index (χ2v) is 5.06. The van der Waals surface area contributed by atoms with Gasteiger partial charge < -0.3 is 0 Å². The molecule has 0 N–H and O–H groups in total. The highest BCUT2D eigenvalue weighted by Crippen LogP contribution is 2.19. The average Bonchev–Trinajstić information content (AvgIpc) is 2.31. The van der Waals surface area contributed by atoms with Crippen molar-refractivity contribution in [2.75, 3.05) is 5.33 Å². The van der Waals surface area contributed by atoms with Crippen molar-refractivity contribution in [2.45, 2.75) is 12.8 Å². The van der Waals surface area contributed by atoms with Crippen LogP contribution < -0.4 is 0 Å². The fourth-order valence-corrected chi connectivity index (χ4v) is 2.32. The van der Waals surface area contributed by atoms with Crippen LogP contribution in [-0.2, 0) is 6.42 Å². The fraction of sp³-hybridized carbons (Fsp3) is 0.500. The summed E-state index contributed by atoms with van der Waals surface area (Å²) in [5.41, 5.74) is 0. The Hall–Kier alpha value is 0.590. The highest BCUT2D eigenvalue weighted by molar-refractivity contribution is 9.11. The van der Waals surface area contributed by atoms with Crippen LogP contribution in [0.4, 0.5) is 0 Å². The third kappa shape index (κ3) is 2.68. The maximum Gasteiger partial charge on any atom is 0.159 e. The van der Waals surface area contributed by atoms with E-state index in [2.05, 4.69) is 36.8 Å². The van der Waals surface area contributed by atoms with Gasteiger partial charge in [-0.25, -0.2) is 4.98 Å². The third-order valence-electron chi connectivity index (χ3n) is 1.08. The van der Waals surface area contributed by atoms with E-state index in [1.807, 2.05) is 6.20 Å². The lowest BCUT2D eigenvalue weighted by molar-refractivity contribution is 0.955. The van der Waals surface area contributed by atoms with Gasteiger partial charge in [0.05, 0.1) is 0 Å². The van der Waals surface area contributed by atoms with E-state index >= 15 is 0 Å². The number of aromatic nitrogens is 1. The van der Waals surface area contributed by atoms with Crippen LogP contribution in [0.15, 0.2) is 10.1 Å². The van der Waals surface area contributed by atoms with Crippen LogP contribution in [0.1, 0.15) is 11.3 Å². The van der Waals surface area contributed by atoms with Crippen molar-refractivity contribution in [2.24, 2.45) is 0 Å². The molecule has 1 nitrogen and oxygen atoms in total. The van der Waals surface area contributed by atoms with Gasteiger partial charge in [-0.05, 0) is 28.8 Å². The smallest absolute Gasteiger partial charge is 0.159 e. The van der Waals surface area contributed by atoms with Crippen molar-refractivity contribution in [1.82, 2.24) is 4.98 Å². The standard InChI is InChI=1S/C6H7Br2NS/c7-3-1-2-5-4-9-6(8)10-5/h4H,1-3H2. The Labute approximate surface area is 81.1 Å². The molecule has 0 bridgehead atoms. The van der Waals surface area contributed by atoms with Crippen molar-refractivity contribution in [3.63, 3.8) is 0 Å². The van der Waals surface area contributed by atoms with E-state index in [1.54, 1.807) is 11.3 Å². The first-order valence-electron chi connectivity index (χ1n) is 2.99. The summed E-state index contributed by atoms with van der Waals surface area (Å²) in [5.74, 6) is 0. The Morgan fingerprint density at radius 2 is 2.40 bits per heavy atom. The summed E-state index contributed by atoms with van der Waals surface area (Å²) in [6, 6.07) is 0. The van der Waals surface area contributed by atoms with Gasteiger partial charge in [-0.3, -0.25) is 0 Å². The summed E-state index contributed by atoms with van der Waals surface area (Å²) in [6.07, 6.45) is 4.25. The number of hydrogen-bond acceptors (Lipinski definition) is 2. The number of rotatable bonds is 3. The zero-order valence-electron chi connectivity index (χ0n) is 5.31. The Kier molecular flexibility index (Phi) is 3.88. The second-order valence-electron chi connectivity index (χ2n) is 1.87. The summed E-state index contributed by atoms with van der Waals surface area (Å²) < 4.78 is 0.983. The molecule has 0 saturated heterocycles. The molecular formula is C6H7Br2NS. The maximum absolute atomic E-state index is 4.09. The SMILES string of the molecule is BrCCCc1cnc(Br)s1. The average molecular weight is 285 g/mol. The predicted octanol–water partition coefficient (Wildman–Crippen LogP) is 3.23. The zero-order valence-corrected chi connectivity index (χ0v) is 9.30. The summed E-state index contributed by atoms with van der Waals surface area (Å²) in [5, 5.41) is 1.07. The molecule has 0 spiro atoms. The minimum Gasteiger partial charge on any atom is -0.237 e. The van der Waals surface area contributed by atoms with E-state index in [0.29, 0.717) is 0 Å². The van der Waals surface area contributed by atoms with E-state index in [0.717, 1.165) is 15.7 Å². The van der Waals surface area contributed by atoms with Crippen LogP contribution in [0.2, 0.25) is 0 Å². The third-order valence-corrected chi connectivity index (χ3v) is 3.18. The van der Waals surface area contributed by atoms with Gasteiger partial charge in [0.25, 0.3) is 0 Å². The van der Waals surface area contributed by atoms with Gasteiger partial charge in [-0.1, -0.05) is 15.9 Å². The number of nitrogens with zero attached hydrogens (tertiary/aromatic N) is 1. The first kappa shape index (κ1) is 8.68. The molecule has 0 aliphatic rings. The Morgan fingerprint density at radius 3 is 2.90 bits per heavy atom. The van der Waals surface area contributed by atoms with Crippen LogP contribution in [0.3, 0.4) is 0 Å². The molecule has 0 aliphatic carbocycles. The molecule has 56 valence electrons. The molecule has 0 radical (unpaired) electrons. The fourth-order valence-electron chi connectivity index (χ4n) is 0.640. The lowest BCUT2D eigenvalue weighted by atomic mass is 10.3. The Balaban J connectivity index is 2.42. The molecular weight excluding hydrogens is 278 g/mol. The molecule has 1 aromatic heterocycles. The molecule has 4 heteroatoms. The van der Waals surface area contributed by atoms with Crippen molar-refractivity contribution in [3.05, 3.63) is 15.0 Å². The van der Waals surface area contributed by atoms with Crippen molar-refractivity contribution in [3.8, 4) is 0 Å². The van der Waals surface area contributed by atoms with Gasteiger partial charge in [-0.2, -0.15) is 0 Å². The van der Waals surface area contributed by atoms with Gasteiger partial charge in [0, 0.05) is 16.4 Å². The van der Waals surface area contributed by atoms with E-state index in [-0.39, 0.29) is 0 Å². The van der Waals surface area contributed by atoms with E-state index in [1.165, 1.54) is 11.3 Å². The lowest BCUT2D eigenvalue weighted by Gasteiger charge is -1.88. The minimum absolute atomic E-state index is 0.983. The summed E-state index contributed by atoms with van der Waals surface area (Å²) in [6.45, 7) is 0. The maximum atomic E-state index is 4.09. The number of thiazole rings is 1. The molecule has 10 heavy (non-hydrogen) atoms. The highest BCUT2D eigenvalue weighted by Gasteiger charge is 1.96. The van der Waals surface area contributed by atoms with Crippen molar-refractivity contribution >= 4 is 43.2 Å². The van der Waals surface area contributed by atoms with E-state index < -0.39 is 0 Å². The van der Waals surface area contributed by atoms with E-state index in [4.69, 9.17) is 0 Å². The largest absolute Gasteiger partial charge is 0.237 e. The summed E-state index contributed by atoms with van der Waals surface area (Å²) in [7, 11) is 0. The summed E-state index contributed by atoms with van der Waals surface area (Å²) >= 11 is 8.42. The molecule has 0 aliphatic heterocycles. The molecule has 1 rings (SSSR count). The van der Waals surface area contributed by atoms with Crippen LogP contribution >= 0.6 is 43.2 Å². The van der Waals surface area contributed by atoms with Gasteiger partial charge in [0.15, 0.2) is 3.92 Å². The molecule has 0 fully saturated rings. The molecule has 1 aromatic rings. The topological polar surface area (TPSA) is 12.9 Å². The van der Waals surface area contributed by atoms with Crippen LogP contribution in [-0.4, -0.2) is 10.3 Å².